The van der Waals surface area contributed by atoms with Crippen LogP contribution in [-0.2, 0) is 13.0 Å². The molecule has 118 valence electrons. The van der Waals surface area contributed by atoms with Gasteiger partial charge in [0.25, 0.3) is 0 Å². The highest BCUT2D eigenvalue weighted by Crippen LogP contribution is 2.25. The summed E-state index contributed by atoms with van der Waals surface area (Å²) < 4.78 is 0. The van der Waals surface area contributed by atoms with E-state index in [1.807, 2.05) is 0 Å². The molecule has 0 amide bonds. The summed E-state index contributed by atoms with van der Waals surface area (Å²) in [5.41, 5.74) is 2.59. The third-order valence-corrected chi connectivity index (χ3v) is 4.51. The zero-order valence-corrected chi connectivity index (χ0v) is 14.0. The topological polar surface area (TPSA) is 28.2 Å². The molecule has 2 heterocycles. The van der Waals surface area contributed by atoms with Crippen molar-refractivity contribution in [3.63, 3.8) is 0 Å². The third-order valence-electron chi connectivity index (χ3n) is 4.51. The van der Waals surface area contributed by atoms with Gasteiger partial charge in [-0.3, -0.25) is 0 Å². The Morgan fingerprint density at radius 2 is 2.05 bits per heavy atom. The number of hydrogen-bond donors (Lipinski definition) is 1. The minimum Gasteiger partial charge on any atom is -0.354 e. The molecule has 1 aliphatic rings. The number of nitrogens with zero attached hydrogens (tertiary/aromatic N) is 2. The van der Waals surface area contributed by atoms with Gasteiger partial charge in [-0.25, -0.2) is 4.98 Å². The lowest BCUT2D eigenvalue weighted by molar-refractivity contribution is 0.551. The molecule has 3 nitrogen and oxygen atoms in total. The Kier molecular flexibility index (Phi) is 6.50. The van der Waals surface area contributed by atoms with E-state index in [0.717, 1.165) is 19.5 Å². The third kappa shape index (κ3) is 4.44. The van der Waals surface area contributed by atoms with Crippen molar-refractivity contribution in [1.82, 2.24) is 10.3 Å². The molecule has 21 heavy (non-hydrogen) atoms. The Balaban J connectivity index is 2.26. The van der Waals surface area contributed by atoms with E-state index in [1.165, 1.54) is 55.7 Å². The number of aromatic nitrogens is 1. The molecule has 3 heteroatoms. The fraction of sp³-hybridized carbons (Fsp3) is 0.722. The summed E-state index contributed by atoms with van der Waals surface area (Å²) in [7, 11) is 0. The van der Waals surface area contributed by atoms with Crippen LogP contribution in [0.25, 0.3) is 0 Å². The first-order chi connectivity index (χ1) is 10.3. The van der Waals surface area contributed by atoms with Crippen molar-refractivity contribution in [2.24, 2.45) is 0 Å². The second kappa shape index (κ2) is 8.38. The highest BCUT2D eigenvalue weighted by atomic mass is 15.2. The molecule has 0 saturated carbocycles. The van der Waals surface area contributed by atoms with Gasteiger partial charge in [0.05, 0.1) is 0 Å². The second-order valence-corrected chi connectivity index (χ2v) is 6.06. The summed E-state index contributed by atoms with van der Waals surface area (Å²) in [5.74, 6) is 1.20. The van der Waals surface area contributed by atoms with Crippen molar-refractivity contribution in [2.45, 2.75) is 71.9 Å². The maximum Gasteiger partial charge on any atom is 0.129 e. The van der Waals surface area contributed by atoms with E-state index >= 15 is 0 Å². The molecule has 0 aromatic carbocycles. The summed E-state index contributed by atoms with van der Waals surface area (Å²) in [6, 6.07) is 5.22. The highest BCUT2D eigenvalue weighted by molar-refractivity contribution is 5.44. The Hall–Kier alpha value is -1.09. The normalized spacial score (nSPS) is 19.6. The molecule has 0 bridgehead atoms. The van der Waals surface area contributed by atoms with Crippen LogP contribution in [0.4, 0.5) is 5.82 Å². The Labute approximate surface area is 130 Å². The van der Waals surface area contributed by atoms with Crippen molar-refractivity contribution in [3.8, 4) is 0 Å². The van der Waals surface area contributed by atoms with Gasteiger partial charge in [0, 0.05) is 24.8 Å². The monoisotopic (exact) mass is 289 g/mol. The summed E-state index contributed by atoms with van der Waals surface area (Å²) in [6.07, 6.45) is 7.59. The van der Waals surface area contributed by atoms with E-state index in [0.29, 0.717) is 6.04 Å². The van der Waals surface area contributed by atoms with Crippen molar-refractivity contribution in [3.05, 3.63) is 23.4 Å². The molecular weight excluding hydrogens is 258 g/mol. The predicted molar refractivity (Wildman–Crippen MR) is 90.9 cm³/mol. The molecule has 1 N–H and O–H groups in total. The number of nitrogens with one attached hydrogen (secondary N) is 1. The number of hydrogen-bond acceptors (Lipinski definition) is 3. The lowest BCUT2D eigenvalue weighted by Crippen LogP contribution is -2.35. The predicted octanol–water partition coefficient (Wildman–Crippen LogP) is 3.91. The van der Waals surface area contributed by atoms with Crippen LogP contribution in [0.2, 0.25) is 0 Å². The maximum absolute atomic E-state index is 4.92. The number of rotatable bonds is 6. The van der Waals surface area contributed by atoms with E-state index in [2.05, 4.69) is 43.1 Å². The van der Waals surface area contributed by atoms with Gasteiger partial charge in [0.15, 0.2) is 0 Å². The van der Waals surface area contributed by atoms with Crippen molar-refractivity contribution < 1.29 is 0 Å². The zero-order valence-electron chi connectivity index (χ0n) is 14.0. The number of pyridine rings is 1. The van der Waals surface area contributed by atoms with Gasteiger partial charge in [-0.2, -0.15) is 0 Å². The molecule has 1 aromatic heterocycles. The molecule has 2 rings (SSSR count). The smallest absolute Gasteiger partial charge is 0.129 e. The fourth-order valence-electron chi connectivity index (χ4n) is 3.24. The van der Waals surface area contributed by atoms with Crippen molar-refractivity contribution in [1.29, 1.82) is 0 Å². The summed E-state index contributed by atoms with van der Waals surface area (Å²) in [6.45, 7) is 9.79. The molecule has 1 unspecified atom stereocenters. The molecule has 1 saturated heterocycles. The summed E-state index contributed by atoms with van der Waals surface area (Å²) >= 11 is 0. The van der Waals surface area contributed by atoms with Crippen LogP contribution in [0.5, 0.6) is 0 Å². The van der Waals surface area contributed by atoms with Gasteiger partial charge in [-0.05, 0) is 49.9 Å². The Morgan fingerprint density at radius 3 is 2.76 bits per heavy atom. The molecular formula is C18H31N3. The van der Waals surface area contributed by atoms with Crippen LogP contribution in [0, 0.1) is 0 Å². The fourth-order valence-corrected chi connectivity index (χ4v) is 3.24. The first-order valence-electron chi connectivity index (χ1n) is 8.75. The number of aryl methyl sites for hydroxylation is 1. The van der Waals surface area contributed by atoms with E-state index < -0.39 is 0 Å². The molecule has 0 spiro atoms. The van der Waals surface area contributed by atoms with Gasteiger partial charge >= 0.3 is 0 Å². The number of anilines is 1. The quantitative estimate of drug-likeness (QED) is 0.860. The van der Waals surface area contributed by atoms with Crippen molar-refractivity contribution in [2.75, 3.05) is 18.0 Å². The van der Waals surface area contributed by atoms with Crippen LogP contribution in [0.15, 0.2) is 12.1 Å². The molecule has 0 aliphatic carbocycles. The summed E-state index contributed by atoms with van der Waals surface area (Å²) in [5, 5.41) is 3.44. The van der Waals surface area contributed by atoms with Gasteiger partial charge in [-0.15, -0.1) is 0 Å². The summed E-state index contributed by atoms with van der Waals surface area (Å²) in [4.78, 5) is 7.49. The first kappa shape index (κ1) is 16.3. The van der Waals surface area contributed by atoms with E-state index in [4.69, 9.17) is 4.98 Å². The average molecular weight is 289 g/mol. The second-order valence-electron chi connectivity index (χ2n) is 6.06. The molecule has 0 radical (unpaired) electrons. The van der Waals surface area contributed by atoms with Crippen LogP contribution < -0.4 is 10.2 Å². The average Bonchev–Trinajstić information content (AvgIpc) is 2.77. The standard InChI is InChI=1S/C18H31N3/c1-4-16-12-15(14-19-6-3)13-18(20-16)21-11-9-7-8-10-17(21)5-2/h12-13,17,19H,4-11,14H2,1-3H3. The van der Waals surface area contributed by atoms with Gasteiger partial charge in [0.1, 0.15) is 5.82 Å². The van der Waals surface area contributed by atoms with Crippen LogP contribution in [-0.4, -0.2) is 24.1 Å². The highest BCUT2D eigenvalue weighted by Gasteiger charge is 2.21. The minimum atomic E-state index is 0.666. The molecule has 1 aliphatic heterocycles. The first-order valence-corrected chi connectivity index (χ1v) is 8.75. The van der Waals surface area contributed by atoms with Crippen LogP contribution in [0.1, 0.15) is 64.1 Å². The zero-order chi connectivity index (χ0) is 15.1. The van der Waals surface area contributed by atoms with E-state index in [-0.39, 0.29) is 0 Å². The van der Waals surface area contributed by atoms with Gasteiger partial charge in [-0.1, -0.05) is 33.6 Å². The Bertz CT molecular complexity index is 430. The molecule has 1 fully saturated rings. The molecule has 1 atom stereocenters. The SMILES string of the molecule is CCNCc1cc(CC)nc(N2CCCCCC2CC)c1. The van der Waals surface area contributed by atoms with Crippen LogP contribution >= 0.6 is 0 Å². The Morgan fingerprint density at radius 1 is 1.19 bits per heavy atom. The van der Waals surface area contributed by atoms with Gasteiger partial charge in [0.2, 0.25) is 0 Å². The van der Waals surface area contributed by atoms with Crippen molar-refractivity contribution >= 4 is 5.82 Å². The van der Waals surface area contributed by atoms with Gasteiger partial charge < -0.3 is 10.2 Å². The van der Waals surface area contributed by atoms with Crippen LogP contribution in [0.3, 0.4) is 0 Å². The van der Waals surface area contributed by atoms with E-state index in [1.54, 1.807) is 0 Å². The molecule has 1 aromatic rings. The van der Waals surface area contributed by atoms with E-state index in [9.17, 15) is 0 Å². The lowest BCUT2D eigenvalue weighted by atomic mass is 10.1. The lowest BCUT2D eigenvalue weighted by Gasteiger charge is -2.31. The minimum absolute atomic E-state index is 0.666. The maximum atomic E-state index is 4.92. The largest absolute Gasteiger partial charge is 0.354 e.